The van der Waals surface area contributed by atoms with Gasteiger partial charge in [0.25, 0.3) is 0 Å². The molecular formula is C13H27NO. The zero-order valence-electron chi connectivity index (χ0n) is 10.6. The molecule has 0 heterocycles. The van der Waals surface area contributed by atoms with Gasteiger partial charge in [0.05, 0.1) is 0 Å². The fourth-order valence-electron chi connectivity index (χ4n) is 0.428. The van der Waals surface area contributed by atoms with E-state index in [1.807, 2.05) is 19.9 Å². The Morgan fingerprint density at radius 3 is 1.60 bits per heavy atom. The van der Waals surface area contributed by atoms with Crippen LogP contribution in [0.4, 0.5) is 0 Å². The Hall–Kier alpha value is -1.02. The van der Waals surface area contributed by atoms with E-state index in [0.717, 1.165) is 6.54 Å². The van der Waals surface area contributed by atoms with Crippen molar-refractivity contribution < 1.29 is 6.53 Å². The van der Waals surface area contributed by atoms with E-state index in [9.17, 15) is 0 Å². The molecule has 0 spiro atoms. The van der Waals surface area contributed by atoms with Crippen molar-refractivity contribution in [3.05, 3.63) is 30.3 Å². The Morgan fingerprint density at radius 2 is 1.47 bits per heavy atom. The van der Waals surface area contributed by atoms with E-state index in [2.05, 4.69) is 20.8 Å². The molecule has 0 fully saturated rings. The monoisotopic (exact) mass is 213 g/mol. The van der Waals surface area contributed by atoms with Gasteiger partial charge in [0.15, 0.2) is 0 Å². The van der Waals surface area contributed by atoms with E-state index in [1.54, 1.807) is 24.3 Å². The summed E-state index contributed by atoms with van der Waals surface area (Å²) in [4.78, 5) is 0. The van der Waals surface area contributed by atoms with E-state index in [4.69, 9.17) is 10.8 Å². The number of phenolic OH excluding ortho intramolecular Hbond substituents is 1. The minimum absolute atomic E-state index is 0. The van der Waals surface area contributed by atoms with E-state index in [0.29, 0.717) is 11.2 Å². The summed E-state index contributed by atoms with van der Waals surface area (Å²) in [6.45, 7) is 11.1. The molecule has 1 aromatic rings. The molecule has 15 heavy (non-hydrogen) atoms. The second-order valence-electron chi connectivity index (χ2n) is 4.10. The van der Waals surface area contributed by atoms with Gasteiger partial charge in [0, 0.05) is 1.43 Å². The summed E-state index contributed by atoms with van der Waals surface area (Å²) >= 11 is 0. The summed E-state index contributed by atoms with van der Waals surface area (Å²) in [6, 6.07) is 8.71. The zero-order valence-corrected chi connectivity index (χ0v) is 10.6. The van der Waals surface area contributed by atoms with Crippen LogP contribution in [0.1, 0.15) is 36.0 Å². The summed E-state index contributed by atoms with van der Waals surface area (Å²) < 4.78 is 0. The summed E-state index contributed by atoms with van der Waals surface area (Å²) in [5.41, 5.74) is 5.62. The van der Waals surface area contributed by atoms with Crippen molar-refractivity contribution in [2.24, 2.45) is 11.1 Å². The predicted molar refractivity (Wildman–Crippen MR) is 70.1 cm³/mol. The number of phenols is 1. The predicted octanol–water partition coefficient (Wildman–Crippen LogP) is 3.66. The van der Waals surface area contributed by atoms with Crippen LogP contribution in [-0.2, 0) is 0 Å². The second kappa shape index (κ2) is 9.53. The first kappa shape index (κ1) is 16.4. The molecule has 0 aliphatic heterocycles. The Balaban J connectivity index is -0.000000175. The molecule has 2 heteroatoms. The molecule has 0 atom stereocenters. The zero-order chi connectivity index (χ0) is 12.3. The van der Waals surface area contributed by atoms with Gasteiger partial charge in [-0.05, 0) is 24.1 Å². The Kier molecular flexibility index (Phi) is 10.4. The first-order valence-corrected chi connectivity index (χ1v) is 5.40. The van der Waals surface area contributed by atoms with Gasteiger partial charge >= 0.3 is 0 Å². The van der Waals surface area contributed by atoms with Gasteiger partial charge in [0.2, 0.25) is 0 Å². The average molecular weight is 213 g/mol. The molecule has 2 nitrogen and oxygen atoms in total. The molecule has 0 amide bonds. The normalized spacial score (nSPS) is 9.20. The molecule has 1 rings (SSSR count). The van der Waals surface area contributed by atoms with Crippen molar-refractivity contribution in [2.75, 3.05) is 6.54 Å². The fraction of sp³-hybridized carbons (Fsp3) is 0.538. The minimum Gasteiger partial charge on any atom is -0.508 e. The van der Waals surface area contributed by atoms with Crippen LogP contribution >= 0.6 is 0 Å². The lowest BCUT2D eigenvalue weighted by atomic mass is 9.98. The van der Waals surface area contributed by atoms with Gasteiger partial charge in [-0.15, -0.1) is 0 Å². The van der Waals surface area contributed by atoms with Crippen LogP contribution in [0.2, 0.25) is 0 Å². The highest BCUT2D eigenvalue weighted by Crippen LogP contribution is 2.07. The van der Waals surface area contributed by atoms with Crippen molar-refractivity contribution in [1.82, 2.24) is 0 Å². The summed E-state index contributed by atoms with van der Waals surface area (Å²) in [5, 5.41) is 8.63. The van der Waals surface area contributed by atoms with Crippen LogP contribution in [0.5, 0.6) is 5.75 Å². The van der Waals surface area contributed by atoms with Gasteiger partial charge in [-0.3, -0.25) is 0 Å². The van der Waals surface area contributed by atoms with Crippen molar-refractivity contribution in [2.45, 2.75) is 34.6 Å². The highest BCUT2D eigenvalue weighted by Gasteiger charge is 2.03. The highest BCUT2D eigenvalue weighted by atomic mass is 16.3. The maximum absolute atomic E-state index is 8.63. The van der Waals surface area contributed by atoms with E-state index in [1.165, 1.54) is 0 Å². The quantitative estimate of drug-likeness (QED) is 0.691. The maximum atomic E-state index is 8.63. The summed E-state index contributed by atoms with van der Waals surface area (Å²) in [6.07, 6.45) is 0. The Bertz CT molecular complexity index is 219. The molecule has 0 bridgehead atoms. The van der Waals surface area contributed by atoms with Crippen LogP contribution in [0.25, 0.3) is 0 Å². The van der Waals surface area contributed by atoms with Crippen molar-refractivity contribution >= 4 is 0 Å². The third-order valence-electron chi connectivity index (χ3n) is 1.37. The Morgan fingerprint density at radius 1 is 1.13 bits per heavy atom. The van der Waals surface area contributed by atoms with E-state index in [-0.39, 0.29) is 1.43 Å². The van der Waals surface area contributed by atoms with Crippen molar-refractivity contribution in [3.8, 4) is 5.75 Å². The van der Waals surface area contributed by atoms with Crippen LogP contribution in [0, 0.1) is 5.41 Å². The number of rotatable bonds is 0. The summed E-state index contributed by atoms with van der Waals surface area (Å²) in [7, 11) is 0. The van der Waals surface area contributed by atoms with Crippen LogP contribution in [0.3, 0.4) is 0 Å². The topological polar surface area (TPSA) is 46.2 Å². The molecule has 1 aromatic carbocycles. The van der Waals surface area contributed by atoms with Crippen LogP contribution in [-0.4, -0.2) is 11.7 Å². The molecule has 0 radical (unpaired) electrons. The number of aromatic hydroxyl groups is 1. The van der Waals surface area contributed by atoms with Crippen LogP contribution < -0.4 is 5.73 Å². The van der Waals surface area contributed by atoms with Gasteiger partial charge in [-0.25, -0.2) is 0 Å². The third-order valence-corrected chi connectivity index (χ3v) is 1.37. The molecule has 0 unspecified atom stereocenters. The van der Waals surface area contributed by atoms with Crippen LogP contribution in [0.15, 0.2) is 30.3 Å². The number of para-hydroxylation sites is 1. The van der Waals surface area contributed by atoms with Gasteiger partial charge < -0.3 is 10.8 Å². The first-order valence-electron chi connectivity index (χ1n) is 5.40. The lowest BCUT2D eigenvalue weighted by Crippen LogP contribution is -2.18. The van der Waals surface area contributed by atoms with Gasteiger partial charge in [-0.2, -0.15) is 0 Å². The molecule has 0 aliphatic carbocycles. The average Bonchev–Trinajstić information content (AvgIpc) is 2.22. The summed E-state index contributed by atoms with van der Waals surface area (Å²) in [5.74, 6) is 0.322. The Labute approximate surface area is 95.6 Å². The van der Waals surface area contributed by atoms with E-state index < -0.39 is 0 Å². The lowest BCUT2D eigenvalue weighted by Gasteiger charge is -2.12. The largest absolute Gasteiger partial charge is 0.508 e. The fourth-order valence-corrected chi connectivity index (χ4v) is 0.428. The molecule has 0 saturated heterocycles. The van der Waals surface area contributed by atoms with Crippen molar-refractivity contribution in [3.63, 3.8) is 0 Å². The lowest BCUT2D eigenvalue weighted by molar-refractivity contribution is 0.428. The number of nitrogens with two attached hydrogens (primary N) is 1. The molecule has 90 valence electrons. The second-order valence-corrected chi connectivity index (χ2v) is 4.10. The van der Waals surface area contributed by atoms with Gasteiger partial charge in [0.1, 0.15) is 5.75 Å². The molecular weight excluding hydrogens is 186 g/mol. The highest BCUT2D eigenvalue weighted by molar-refractivity contribution is 5.18. The number of hydrogen-bond acceptors (Lipinski definition) is 2. The van der Waals surface area contributed by atoms with E-state index >= 15 is 0 Å². The molecule has 0 saturated carbocycles. The third kappa shape index (κ3) is 15.7. The smallest absolute Gasteiger partial charge is 0.115 e. The van der Waals surface area contributed by atoms with Crippen molar-refractivity contribution in [1.29, 1.82) is 0 Å². The number of hydrogen-bond donors (Lipinski definition) is 2. The molecule has 0 aliphatic rings. The SMILES string of the molecule is CC.CC(C)(C)CN.Oc1ccccc1.[HH]. The first-order chi connectivity index (χ1) is 6.95. The minimum atomic E-state index is 0. The standard InChI is InChI=1S/C6H6O.C5H13N.C2H6.H2/c7-6-4-2-1-3-5-6;1-5(2,3)4-6;1-2;/h1-5,7H;4,6H2,1-3H3;1-2H3;1H. The van der Waals surface area contributed by atoms with Gasteiger partial charge in [-0.1, -0.05) is 52.8 Å². The maximum Gasteiger partial charge on any atom is 0.115 e. The molecule has 0 aromatic heterocycles. The molecule has 3 N–H and O–H groups in total. The number of benzene rings is 1.